The predicted octanol–water partition coefficient (Wildman–Crippen LogP) is 3.97. The average molecular weight is 315 g/mol. The minimum atomic E-state index is 0.463. The summed E-state index contributed by atoms with van der Waals surface area (Å²) in [6.07, 6.45) is 6.18. The molecule has 3 aliphatic carbocycles. The van der Waals surface area contributed by atoms with Crippen molar-refractivity contribution in [3.05, 3.63) is 0 Å². The second-order valence-corrected chi connectivity index (χ2v) is 7.94. The molecule has 102 valence electrons. The standard InChI is InChI=1S/C14H24BBrO2/c1-10-8-12(16)11-9-14(10,13(11,2)3)6-4-5-7-18-15-17/h10-12H,4-9H2,1-3H3. The molecule has 3 fully saturated rings. The van der Waals surface area contributed by atoms with Crippen LogP contribution >= 0.6 is 15.9 Å². The number of unbranched alkanes of at least 4 members (excludes halogenated alkanes) is 1. The van der Waals surface area contributed by atoms with Gasteiger partial charge in [0.15, 0.2) is 0 Å². The maximum absolute atomic E-state index is 10.1. The number of fused-ring (bicyclic) bond motifs is 2. The Bertz CT molecular complexity index is 321. The Morgan fingerprint density at radius 2 is 2.11 bits per heavy atom. The zero-order valence-electron chi connectivity index (χ0n) is 11.7. The van der Waals surface area contributed by atoms with Crippen molar-refractivity contribution in [1.82, 2.24) is 0 Å². The van der Waals surface area contributed by atoms with Crippen molar-refractivity contribution in [3.8, 4) is 0 Å². The summed E-state index contributed by atoms with van der Waals surface area (Å²) in [6.45, 7) is 7.91. The van der Waals surface area contributed by atoms with Crippen molar-refractivity contribution in [2.45, 2.75) is 57.7 Å². The van der Waals surface area contributed by atoms with Crippen molar-refractivity contribution in [1.29, 1.82) is 0 Å². The van der Waals surface area contributed by atoms with E-state index in [2.05, 4.69) is 36.7 Å². The topological polar surface area (TPSA) is 26.3 Å². The summed E-state index contributed by atoms with van der Waals surface area (Å²) in [7, 11) is 0.556. The summed E-state index contributed by atoms with van der Waals surface area (Å²) in [5.74, 6) is 1.65. The minimum absolute atomic E-state index is 0.463. The fourth-order valence-electron chi connectivity index (χ4n) is 4.64. The summed E-state index contributed by atoms with van der Waals surface area (Å²) in [6, 6.07) is 0. The van der Waals surface area contributed by atoms with Crippen molar-refractivity contribution < 1.29 is 9.36 Å². The van der Waals surface area contributed by atoms with E-state index < -0.39 is 0 Å². The Balaban J connectivity index is 1.92. The molecule has 3 aliphatic rings. The van der Waals surface area contributed by atoms with E-state index in [1.54, 1.807) is 0 Å². The van der Waals surface area contributed by atoms with Gasteiger partial charge < -0.3 is 0 Å². The molecule has 4 unspecified atom stereocenters. The van der Waals surface area contributed by atoms with Gasteiger partial charge >= 0.3 is 120 Å². The average Bonchev–Trinajstić information content (AvgIpc) is 2.30. The molecule has 0 heterocycles. The molecule has 3 rings (SSSR count). The number of hydrogen-bond donors (Lipinski definition) is 0. The molecule has 0 aromatic heterocycles. The van der Waals surface area contributed by atoms with Gasteiger partial charge in [-0.05, 0) is 0 Å². The molecule has 0 radical (unpaired) electrons. The Labute approximate surface area is 120 Å². The molecule has 2 bridgehead atoms. The Hall–Kier alpha value is 0.145. The molecule has 0 aliphatic heterocycles. The van der Waals surface area contributed by atoms with E-state index in [9.17, 15) is 4.70 Å². The van der Waals surface area contributed by atoms with Gasteiger partial charge in [0.2, 0.25) is 0 Å². The van der Waals surface area contributed by atoms with Gasteiger partial charge in [0.05, 0.1) is 0 Å². The molecule has 0 aromatic rings. The van der Waals surface area contributed by atoms with Gasteiger partial charge in [-0.25, -0.2) is 0 Å². The van der Waals surface area contributed by atoms with Gasteiger partial charge in [0.1, 0.15) is 0 Å². The van der Waals surface area contributed by atoms with Crippen LogP contribution in [0.3, 0.4) is 0 Å². The molecule has 4 heteroatoms. The summed E-state index contributed by atoms with van der Waals surface area (Å²) < 4.78 is 14.9. The van der Waals surface area contributed by atoms with E-state index in [0.29, 0.717) is 29.6 Å². The van der Waals surface area contributed by atoms with E-state index in [0.717, 1.165) is 18.3 Å². The van der Waals surface area contributed by atoms with E-state index in [-0.39, 0.29) is 0 Å². The molecule has 4 atom stereocenters. The molecular formula is C14H24BBrO2. The van der Waals surface area contributed by atoms with E-state index >= 15 is 0 Å². The molecule has 0 spiro atoms. The first kappa shape index (κ1) is 14.6. The predicted molar refractivity (Wildman–Crippen MR) is 77.1 cm³/mol. The van der Waals surface area contributed by atoms with Crippen LogP contribution < -0.4 is 0 Å². The third-order valence-electron chi connectivity index (χ3n) is 5.96. The summed E-state index contributed by atoms with van der Waals surface area (Å²) >= 11 is 3.88. The molecule has 0 saturated heterocycles. The normalized spacial score (nSPS) is 40.8. The molecule has 18 heavy (non-hydrogen) atoms. The van der Waals surface area contributed by atoms with E-state index in [4.69, 9.17) is 4.65 Å². The fourth-order valence-corrected chi connectivity index (χ4v) is 6.05. The molecular weight excluding hydrogens is 291 g/mol. The van der Waals surface area contributed by atoms with Crippen molar-refractivity contribution in [2.75, 3.05) is 6.61 Å². The molecule has 2 nitrogen and oxygen atoms in total. The third kappa shape index (κ3) is 2.08. The quantitative estimate of drug-likeness (QED) is 0.421. The van der Waals surface area contributed by atoms with Crippen LogP contribution in [0.15, 0.2) is 0 Å². The fraction of sp³-hybridized carbons (Fsp3) is 1.00. The SMILES string of the molecule is CC1CC(Br)C2CC1(CCCCOB=O)C2(C)C. The van der Waals surface area contributed by atoms with Crippen LogP contribution in [0.25, 0.3) is 0 Å². The number of hydrogen-bond acceptors (Lipinski definition) is 2. The van der Waals surface area contributed by atoms with Crippen LogP contribution in [0.2, 0.25) is 0 Å². The first-order valence-corrected chi connectivity index (χ1v) is 8.06. The molecule has 0 N–H and O–H groups in total. The van der Waals surface area contributed by atoms with Crippen molar-refractivity contribution in [2.24, 2.45) is 22.7 Å². The zero-order chi connectivity index (χ0) is 13.4. The molecule has 0 amide bonds. The Morgan fingerprint density at radius 1 is 1.39 bits per heavy atom. The summed E-state index contributed by atoms with van der Waals surface area (Å²) in [5, 5.41) is 0. The second kappa shape index (κ2) is 5.26. The van der Waals surface area contributed by atoms with Gasteiger partial charge in [-0.3, -0.25) is 0 Å². The van der Waals surface area contributed by atoms with Gasteiger partial charge in [-0.1, -0.05) is 0 Å². The summed E-state index contributed by atoms with van der Waals surface area (Å²) in [4.78, 5) is 0.711. The first-order valence-electron chi connectivity index (χ1n) is 7.15. The van der Waals surface area contributed by atoms with Crippen LogP contribution in [0.5, 0.6) is 0 Å². The Morgan fingerprint density at radius 3 is 2.67 bits per heavy atom. The number of halogens is 1. The van der Waals surface area contributed by atoms with Crippen LogP contribution in [-0.2, 0) is 9.36 Å². The van der Waals surface area contributed by atoms with Gasteiger partial charge in [0, 0.05) is 0 Å². The zero-order valence-corrected chi connectivity index (χ0v) is 13.3. The van der Waals surface area contributed by atoms with E-state index in [1.807, 2.05) is 0 Å². The van der Waals surface area contributed by atoms with Crippen LogP contribution in [0.4, 0.5) is 0 Å². The third-order valence-corrected chi connectivity index (χ3v) is 6.97. The first-order chi connectivity index (χ1) is 8.45. The number of rotatable bonds is 6. The van der Waals surface area contributed by atoms with Crippen molar-refractivity contribution >= 4 is 23.3 Å². The molecule has 3 saturated carbocycles. The van der Waals surface area contributed by atoms with E-state index in [1.165, 1.54) is 25.7 Å². The summed E-state index contributed by atoms with van der Waals surface area (Å²) in [5.41, 5.74) is 0.994. The van der Waals surface area contributed by atoms with Crippen LogP contribution in [0, 0.1) is 22.7 Å². The Kier molecular flexibility index (Phi) is 4.25. The second-order valence-electron chi connectivity index (χ2n) is 6.77. The van der Waals surface area contributed by atoms with Gasteiger partial charge in [-0.15, -0.1) is 0 Å². The van der Waals surface area contributed by atoms with Gasteiger partial charge in [0.25, 0.3) is 0 Å². The van der Waals surface area contributed by atoms with Crippen LogP contribution in [-0.4, -0.2) is 18.8 Å². The monoisotopic (exact) mass is 314 g/mol. The van der Waals surface area contributed by atoms with Crippen LogP contribution in [0.1, 0.15) is 52.9 Å². The van der Waals surface area contributed by atoms with Gasteiger partial charge in [-0.2, -0.15) is 0 Å². The molecule has 0 aromatic carbocycles. The maximum atomic E-state index is 10.1. The van der Waals surface area contributed by atoms with Crippen molar-refractivity contribution in [3.63, 3.8) is 0 Å². The number of alkyl halides is 1.